The Labute approximate surface area is 167 Å². The van der Waals surface area contributed by atoms with Crippen LogP contribution in [0.15, 0.2) is 52.9 Å². The first-order valence-electron chi connectivity index (χ1n) is 8.62. The predicted octanol–water partition coefficient (Wildman–Crippen LogP) is 4.18. The molecule has 2 N–H and O–H groups in total. The summed E-state index contributed by atoms with van der Waals surface area (Å²) in [5.74, 6) is 0.166. The molecule has 0 spiro atoms. The van der Waals surface area contributed by atoms with E-state index in [9.17, 15) is 4.79 Å². The number of nitrogens with zero attached hydrogens (tertiary/aromatic N) is 3. The van der Waals surface area contributed by atoms with E-state index in [1.807, 2.05) is 6.07 Å². The third-order valence-corrected chi connectivity index (χ3v) is 6.46. The monoisotopic (exact) mass is 406 g/mol. The lowest BCUT2D eigenvalue weighted by atomic mass is 10.1. The molecule has 0 aliphatic carbocycles. The van der Waals surface area contributed by atoms with Crippen LogP contribution in [0.3, 0.4) is 0 Å². The maximum Gasteiger partial charge on any atom is 0.226 e. The van der Waals surface area contributed by atoms with E-state index >= 15 is 0 Å². The van der Waals surface area contributed by atoms with Crippen molar-refractivity contribution in [2.75, 3.05) is 0 Å². The smallest absolute Gasteiger partial charge is 0.226 e. The second kappa shape index (κ2) is 6.81. The third kappa shape index (κ3) is 3.28. The van der Waals surface area contributed by atoms with E-state index in [4.69, 9.17) is 10.2 Å². The Morgan fingerprint density at radius 3 is 2.71 bits per heavy atom. The maximum atomic E-state index is 10.9. The molecular weight excluding hydrogens is 392 g/mol. The molecule has 28 heavy (non-hydrogen) atoms. The van der Waals surface area contributed by atoms with Gasteiger partial charge in [0.05, 0.1) is 16.6 Å². The Morgan fingerprint density at radius 1 is 1.00 bits per heavy atom. The van der Waals surface area contributed by atoms with E-state index in [2.05, 4.69) is 57.6 Å². The number of thiophene rings is 1. The van der Waals surface area contributed by atoms with Crippen LogP contribution in [0, 0.1) is 0 Å². The average molecular weight is 406 g/mol. The number of carbonyl (C=O) groups is 1. The van der Waals surface area contributed by atoms with E-state index in [-0.39, 0.29) is 12.3 Å². The SMILES string of the molecule is NC(=O)Cc1nnc(Cc2nc3ccc(-c4cc5ccccc5s4)cc3s2)o1. The second-order valence-electron chi connectivity index (χ2n) is 6.35. The van der Waals surface area contributed by atoms with Crippen molar-refractivity contribution in [1.29, 1.82) is 0 Å². The number of nitrogens with two attached hydrogens (primary N) is 1. The topological polar surface area (TPSA) is 94.9 Å². The largest absolute Gasteiger partial charge is 0.424 e. The summed E-state index contributed by atoms with van der Waals surface area (Å²) in [5.41, 5.74) is 7.28. The first-order valence-corrected chi connectivity index (χ1v) is 10.3. The average Bonchev–Trinajstić information content (AvgIpc) is 3.38. The molecule has 0 radical (unpaired) electrons. The number of hydrogen-bond donors (Lipinski definition) is 1. The quantitative estimate of drug-likeness (QED) is 0.472. The summed E-state index contributed by atoms with van der Waals surface area (Å²) >= 11 is 3.39. The minimum atomic E-state index is -0.496. The molecule has 6 nitrogen and oxygen atoms in total. The van der Waals surface area contributed by atoms with E-state index in [0.717, 1.165) is 15.2 Å². The highest BCUT2D eigenvalue weighted by atomic mass is 32.1. The fourth-order valence-electron chi connectivity index (χ4n) is 3.04. The second-order valence-corrected chi connectivity index (χ2v) is 8.55. The van der Waals surface area contributed by atoms with Crippen LogP contribution in [-0.4, -0.2) is 21.1 Å². The van der Waals surface area contributed by atoms with Gasteiger partial charge in [0.1, 0.15) is 11.4 Å². The molecular formula is C20H14N4O2S2. The lowest BCUT2D eigenvalue weighted by Gasteiger charge is -1.96. The van der Waals surface area contributed by atoms with Crippen LogP contribution in [0.5, 0.6) is 0 Å². The van der Waals surface area contributed by atoms with Gasteiger partial charge in [-0.15, -0.1) is 32.9 Å². The van der Waals surface area contributed by atoms with Gasteiger partial charge in [0.15, 0.2) is 0 Å². The number of thiazole rings is 1. The normalized spacial score (nSPS) is 11.4. The highest BCUT2D eigenvalue weighted by Gasteiger charge is 2.13. The van der Waals surface area contributed by atoms with Crippen molar-refractivity contribution >= 4 is 48.9 Å². The van der Waals surface area contributed by atoms with Gasteiger partial charge in [-0.2, -0.15) is 0 Å². The summed E-state index contributed by atoms with van der Waals surface area (Å²) in [6.07, 6.45) is 0.384. The number of carbonyl (C=O) groups excluding carboxylic acids is 1. The molecule has 0 saturated heterocycles. The van der Waals surface area contributed by atoms with Crippen LogP contribution in [-0.2, 0) is 17.6 Å². The molecule has 138 valence electrons. The number of hydrogen-bond acceptors (Lipinski definition) is 7. The predicted molar refractivity (Wildman–Crippen MR) is 110 cm³/mol. The first kappa shape index (κ1) is 17.0. The van der Waals surface area contributed by atoms with Crippen molar-refractivity contribution in [1.82, 2.24) is 15.2 Å². The number of aromatic nitrogens is 3. The third-order valence-electron chi connectivity index (χ3n) is 4.28. The zero-order valence-electron chi connectivity index (χ0n) is 14.6. The van der Waals surface area contributed by atoms with Crippen LogP contribution >= 0.6 is 22.7 Å². The minimum Gasteiger partial charge on any atom is -0.424 e. The summed E-state index contributed by atoms with van der Waals surface area (Å²) in [6, 6.07) is 16.9. The van der Waals surface area contributed by atoms with Gasteiger partial charge in [0.2, 0.25) is 17.7 Å². The van der Waals surface area contributed by atoms with Gasteiger partial charge in [-0.3, -0.25) is 4.79 Å². The van der Waals surface area contributed by atoms with E-state index in [1.54, 1.807) is 22.7 Å². The molecule has 0 saturated carbocycles. The molecule has 5 rings (SSSR count). The summed E-state index contributed by atoms with van der Waals surface area (Å²) in [6.45, 7) is 0. The highest BCUT2D eigenvalue weighted by Crippen LogP contribution is 2.36. The Bertz CT molecular complexity index is 1290. The number of fused-ring (bicyclic) bond motifs is 2. The van der Waals surface area contributed by atoms with Crippen LogP contribution in [0.1, 0.15) is 16.8 Å². The van der Waals surface area contributed by atoms with E-state index < -0.39 is 5.91 Å². The number of rotatable bonds is 5. The molecule has 2 aromatic carbocycles. The molecule has 0 aliphatic rings. The zero-order chi connectivity index (χ0) is 19.1. The highest BCUT2D eigenvalue weighted by molar-refractivity contribution is 7.22. The molecule has 0 atom stereocenters. The van der Waals surface area contributed by atoms with E-state index in [0.29, 0.717) is 12.3 Å². The lowest BCUT2D eigenvalue weighted by molar-refractivity contribution is -0.117. The van der Waals surface area contributed by atoms with Crippen LogP contribution in [0.25, 0.3) is 30.7 Å². The standard InChI is InChI=1S/C20H14N4O2S2/c21-17(25)9-18-23-24-19(26-18)10-20-22-13-6-5-12(8-16(13)28-20)15-7-11-3-1-2-4-14(11)27-15/h1-8H,9-10H2,(H2,21,25). The molecule has 0 unspecified atom stereocenters. The van der Waals surface area contributed by atoms with Gasteiger partial charge < -0.3 is 10.2 Å². The molecule has 3 heterocycles. The van der Waals surface area contributed by atoms with Crippen molar-refractivity contribution in [3.63, 3.8) is 0 Å². The summed E-state index contributed by atoms with van der Waals surface area (Å²) in [5, 5.41) is 9.96. The van der Waals surface area contributed by atoms with Crippen molar-refractivity contribution in [2.24, 2.45) is 5.73 Å². The van der Waals surface area contributed by atoms with Crippen LogP contribution in [0.2, 0.25) is 0 Å². The van der Waals surface area contributed by atoms with Gasteiger partial charge >= 0.3 is 0 Å². The molecule has 0 bridgehead atoms. The van der Waals surface area contributed by atoms with E-state index in [1.165, 1.54) is 20.5 Å². The van der Waals surface area contributed by atoms with Crippen LogP contribution in [0.4, 0.5) is 0 Å². The molecule has 8 heteroatoms. The van der Waals surface area contributed by atoms with Crippen molar-refractivity contribution in [2.45, 2.75) is 12.8 Å². The lowest BCUT2D eigenvalue weighted by Crippen LogP contribution is -2.13. The van der Waals surface area contributed by atoms with Crippen molar-refractivity contribution in [3.05, 3.63) is 65.3 Å². The van der Waals surface area contributed by atoms with Gasteiger partial charge in [-0.25, -0.2) is 4.98 Å². The molecule has 1 amide bonds. The fourth-order valence-corrected chi connectivity index (χ4v) is 5.09. The first-order chi connectivity index (χ1) is 13.6. The molecule has 3 aromatic heterocycles. The van der Waals surface area contributed by atoms with Crippen LogP contribution < -0.4 is 5.73 Å². The molecule has 0 aliphatic heterocycles. The summed E-state index contributed by atoms with van der Waals surface area (Å²) in [7, 11) is 0. The maximum absolute atomic E-state index is 10.9. The van der Waals surface area contributed by atoms with Gasteiger partial charge in [-0.1, -0.05) is 24.3 Å². The van der Waals surface area contributed by atoms with Crippen molar-refractivity contribution < 1.29 is 9.21 Å². The van der Waals surface area contributed by atoms with Crippen molar-refractivity contribution in [3.8, 4) is 10.4 Å². The number of benzene rings is 2. The number of amides is 1. The Hall–Kier alpha value is -3.10. The van der Waals surface area contributed by atoms with Gasteiger partial charge in [0, 0.05) is 9.58 Å². The fraction of sp³-hybridized carbons (Fsp3) is 0.100. The molecule has 0 fully saturated rings. The van der Waals surface area contributed by atoms with Gasteiger partial charge in [-0.05, 0) is 35.2 Å². The number of primary amides is 1. The van der Waals surface area contributed by atoms with Gasteiger partial charge in [0.25, 0.3) is 0 Å². The molecule has 5 aromatic rings. The Balaban J connectivity index is 1.43. The summed E-state index contributed by atoms with van der Waals surface area (Å²) in [4.78, 5) is 16.8. The Kier molecular flexibility index (Phi) is 4.14. The zero-order valence-corrected chi connectivity index (χ0v) is 16.2. The summed E-state index contributed by atoms with van der Waals surface area (Å²) < 4.78 is 7.86. The Morgan fingerprint density at radius 2 is 1.86 bits per heavy atom. The minimum absolute atomic E-state index is 0.0502.